The molecule has 1 aliphatic carbocycles. The van der Waals surface area contributed by atoms with E-state index in [2.05, 4.69) is 20.9 Å². The number of carbonyl (C=O) groups is 2. The van der Waals surface area contributed by atoms with Gasteiger partial charge in [0.1, 0.15) is 11.7 Å². The molecule has 2 fully saturated rings. The van der Waals surface area contributed by atoms with Crippen LogP contribution in [0, 0.1) is 11.8 Å². The van der Waals surface area contributed by atoms with E-state index in [1.807, 2.05) is 24.3 Å². The lowest BCUT2D eigenvalue weighted by molar-refractivity contribution is -0.142. The van der Waals surface area contributed by atoms with E-state index in [0.717, 1.165) is 30.2 Å². The van der Waals surface area contributed by atoms with E-state index in [4.69, 9.17) is 0 Å². The van der Waals surface area contributed by atoms with Gasteiger partial charge in [-0.1, -0.05) is 24.6 Å². The average molecular weight is 377 g/mol. The first-order valence-electron chi connectivity index (χ1n) is 7.88. The Morgan fingerprint density at radius 1 is 1.26 bits per heavy atom. The number of carboxylic acid groups (broad SMARTS) is 1. The molecule has 6 heteroatoms. The molecule has 1 amide bonds. The van der Waals surface area contributed by atoms with Crippen LogP contribution in [0.1, 0.15) is 29.8 Å². The summed E-state index contributed by atoms with van der Waals surface area (Å²) in [7, 11) is 0. The quantitative estimate of drug-likeness (QED) is 0.844. The van der Waals surface area contributed by atoms with Gasteiger partial charge < -0.3 is 15.0 Å². The van der Waals surface area contributed by atoms with Crippen molar-refractivity contribution in [1.29, 1.82) is 0 Å². The molecular weight excluding hydrogens is 360 g/mol. The van der Waals surface area contributed by atoms with E-state index in [1.165, 1.54) is 0 Å². The summed E-state index contributed by atoms with van der Waals surface area (Å²) in [6.07, 6.45) is 2.99. The van der Waals surface area contributed by atoms with E-state index in [1.54, 1.807) is 4.90 Å². The second kappa shape index (κ2) is 5.37. The molecule has 4 rings (SSSR count). The number of halogens is 1. The monoisotopic (exact) mass is 376 g/mol. The van der Waals surface area contributed by atoms with E-state index in [9.17, 15) is 14.7 Å². The van der Waals surface area contributed by atoms with Crippen LogP contribution in [0.4, 0.5) is 0 Å². The van der Waals surface area contributed by atoms with Crippen molar-refractivity contribution >= 4 is 38.7 Å². The van der Waals surface area contributed by atoms with Gasteiger partial charge in [0.25, 0.3) is 5.91 Å². The first-order valence-corrected chi connectivity index (χ1v) is 8.67. The van der Waals surface area contributed by atoms with Crippen molar-refractivity contribution < 1.29 is 14.7 Å². The van der Waals surface area contributed by atoms with E-state index >= 15 is 0 Å². The average Bonchev–Trinajstić information content (AvgIpc) is 3.19. The summed E-state index contributed by atoms with van der Waals surface area (Å²) in [5.41, 5.74) is 1.31. The Labute approximate surface area is 141 Å². The Morgan fingerprint density at radius 2 is 2.04 bits per heavy atom. The van der Waals surface area contributed by atoms with Crippen LogP contribution in [0.2, 0.25) is 0 Å². The molecule has 2 aromatic rings. The number of carbonyl (C=O) groups excluding carboxylic acids is 1. The second-order valence-electron chi connectivity index (χ2n) is 6.45. The lowest BCUT2D eigenvalue weighted by Crippen LogP contribution is -2.43. The molecule has 23 heavy (non-hydrogen) atoms. The fraction of sp³-hybridized carbons (Fsp3) is 0.412. The molecule has 3 atom stereocenters. The van der Waals surface area contributed by atoms with Crippen LogP contribution in [0.25, 0.3) is 10.9 Å². The molecule has 2 heterocycles. The fourth-order valence-corrected chi connectivity index (χ4v) is 4.84. The number of H-pyrrole nitrogens is 1. The van der Waals surface area contributed by atoms with Gasteiger partial charge in [-0.15, -0.1) is 0 Å². The highest BCUT2D eigenvalue weighted by Crippen LogP contribution is 2.43. The minimum Gasteiger partial charge on any atom is -0.480 e. The Kier molecular flexibility index (Phi) is 3.44. The predicted molar refractivity (Wildman–Crippen MR) is 89.3 cm³/mol. The number of likely N-dealkylation sites (tertiary alicyclic amines) is 1. The molecule has 0 spiro atoms. The van der Waals surface area contributed by atoms with Crippen LogP contribution in [-0.4, -0.2) is 39.5 Å². The van der Waals surface area contributed by atoms with Crippen molar-refractivity contribution in [1.82, 2.24) is 9.88 Å². The lowest BCUT2D eigenvalue weighted by Gasteiger charge is -2.24. The minimum absolute atomic E-state index is 0.0969. The molecule has 1 saturated carbocycles. The standard InChI is InChI=1S/C17H17BrN2O3/c18-13-11-5-1-2-7-12(11)19-14(13)16(21)20-8-9-4-3-6-10(9)15(20)17(22)23/h1-2,5,7,9-10,15,19H,3-4,6,8H2,(H,22,23). The molecule has 1 saturated heterocycles. The van der Waals surface area contributed by atoms with Gasteiger partial charge in [0.05, 0.1) is 4.47 Å². The fourth-order valence-electron chi connectivity index (χ4n) is 4.23. The summed E-state index contributed by atoms with van der Waals surface area (Å²) >= 11 is 3.49. The topological polar surface area (TPSA) is 73.4 Å². The van der Waals surface area contributed by atoms with Gasteiger partial charge in [0, 0.05) is 17.4 Å². The number of fused-ring (bicyclic) bond motifs is 2. The predicted octanol–water partition coefficient (Wildman–Crippen LogP) is 3.26. The highest BCUT2D eigenvalue weighted by molar-refractivity contribution is 9.10. The van der Waals surface area contributed by atoms with Gasteiger partial charge in [0.15, 0.2) is 0 Å². The Bertz CT molecular complexity index is 800. The second-order valence-corrected chi connectivity index (χ2v) is 7.25. The molecular formula is C17H17BrN2O3. The summed E-state index contributed by atoms with van der Waals surface area (Å²) < 4.78 is 0.708. The third-order valence-electron chi connectivity index (χ3n) is 5.26. The maximum Gasteiger partial charge on any atom is 0.326 e. The van der Waals surface area contributed by atoms with Crippen LogP contribution >= 0.6 is 15.9 Å². The molecule has 1 aromatic heterocycles. The van der Waals surface area contributed by atoms with Crippen LogP contribution < -0.4 is 0 Å². The molecule has 2 N–H and O–H groups in total. The molecule has 1 aromatic carbocycles. The molecule has 5 nitrogen and oxygen atoms in total. The van der Waals surface area contributed by atoms with E-state index in [-0.39, 0.29) is 11.8 Å². The number of aromatic nitrogens is 1. The molecule has 120 valence electrons. The number of nitrogens with zero attached hydrogens (tertiary/aromatic N) is 1. The molecule has 1 aliphatic heterocycles. The Hall–Kier alpha value is -1.82. The highest BCUT2D eigenvalue weighted by atomic mass is 79.9. The highest BCUT2D eigenvalue weighted by Gasteiger charge is 2.50. The van der Waals surface area contributed by atoms with Crippen molar-refractivity contribution in [2.24, 2.45) is 11.8 Å². The molecule has 0 radical (unpaired) electrons. The van der Waals surface area contributed by atoms with Crippen LogP contribution in [0.3, 0.4) is 0 Å². The third-order valence-corrected chi connectivity index (χ3v) is 6.08. The van der Waals surface area contributed by atoms with Gasteiger partial charge in [-0.2, -0.15) is 0 Å². The zero-order valence-electron chi connectivity index (χ0n) is 12.5. The Morgan fingerprint density at radius 3 is 2.78 bits per heavy atom. The normalized spacial score (nSPS) is 26.7. The number of hydrogen-bond donors (Lipinski definition) is 2. The SMILES string of the molecule is O=C(O)C1C2CCCC2CN1C(=O)c1[nH]c2ccccc2c1Br. The number of para-hydroxylation sites is 1. The first kappa shape index (κ1) is 14.8. The number of carboxylic acids is 1. The van der Waals surface area contributed by atoms with Crippen LogP contribution in [-0.2, 0) is 4.79 Å². The lowest BCUT2D eigenvalue weighted by atomic mass is 9.94. The van der Waals surface area contributed by atoms with Gasteiger partial charge >= 0.3 is 5.97 Å². The van der Waals surface area contributed by atoms with E-state index in [0.29, 0.717) is 22.6 Å². The minimum atomic E-state index is -0.889. The number of nitrogens with one attached hydrogen (secondary N) is 1. The molecule has 0 bridgehead atoms. The summed E-state index contributed by atoms with van der Waals surface area (Å²) in [4.78, 5) is 29.4. The van der Waals surface area contributed by atoms with Crippen molar-refractivity contribution in [3.63, 3.8) is 0 Å². The maximum absolute atomic E-state index is 13.0. The van der Waals surface area contributed by atoms with E-state index < -0.39 is 12.0 Å². The van der Waals surface area contributed by atoms with Crippen molar-refractivity contribution in [3.05, 3.63) is 34.4 Å². The smallest absolute Gasteiger partial charge is 0.326 e. The summed E-state index contributed by atoms with van der Waals surface area (Å²) in [6, 6.07) is 6.95. The van der Waals surface area contributed by atoms with Crippen molar-refractivity contribution in [2.45, 2.75) is 25.3 Å². The first-order chi connectivity index (χ1) is 11.1. The largest absolute Gasteiger partial charge is 0.480 e. The van der Waals surface area contributed by atoms with Gasteiger partial charge in [0.2, 0.25) is 0 Å². The van der Waals surface area contributed by atoms with Gasteiger partial charge in [-0.3, -0.25) is 4.79 Å². The summed E-state index contributed by atoms with van der Waals surface area (Å²) in [6.45, 7) is 0.544. The van der Waals surface area contributed by atoms with Crippen molar-refractivity contribution in [3.8, 4) is 0 Å². The van der Waals surface area contributed by atoms with Gasteiger partial charge in [-0.25, -0.2) is 4.79 Å². The van der Waals surface area contributed by atoms with Crippen LogP contribution in [0.5, 0.6) is 0 Å². The maximum atomic E-state index is 13.0. The number of aromatic amines is 1. The van der Waals surface area contributed by atoms with Gasteiger partial charge in [-0.05, 0) is 46.7 Å². The zero-order valence-corrected chi connectivity index (χ0v) is 14.0. The molecule has 3 unspecified atom stereocenters. The molecule has 2 aliphatic rings. The summed E-state index contributed by atoms with van der Waals surface area (Å²) in [5, 5.41) is 10.6. The van der Waals surface area contributed by atoms with Crippen molar-refractivity contribution in [2.75, 3.05) is 6.54 Å². The van der Waals surface area contributed by atoms with Crippen LogP contribution in [0.15, 0.2) is 28.7 Å². The number of rotatable bonds is 2. The number of benzene rings is 1. The Balaban J connectivity index is 1.72. The number of hydrogen-bond acceptors (Lipinski definition) is 2. The number of aliphatic carboxylic acids is 1. The number of amides is 1. The third kappa shape index (κ3) is 2.19. The summed E-state index contributed by atoms with van der Waals surface area (Å²) in [5.74, 6) is -0.697. The zero-order chi connectivity index (χ0) is 16.1.